The average Bonchev–Trinajstić information content (AvgIpc) is 3.11. The van der Waals surface area contributed by atoms with Crippen molar-refractivity contribution >= 4 is 40.4 Å². The molecule has 0 spiro atoms. The molecule has 0 atom stereocenters. The van der Waals surface area contributed by atoms with Gasteiger partial charge in [-0.1, -0.05) is 12.1 Å². The maximum Gasteiger partial charge on any atom is 0.309 e. The number of carbonyl (C=O) groups excluding carboxylic acids is 4. The van der Waals surface area contributed by atoms with Gasteiger partial charge in [-0.2, -0.15) is 0 Å². The number of hydrogen-bond donors (Lipinski definition) is 0. The van der Waals surface area contributed by atoms with Crippen molar-refractivity contribution in [2.24, 2.45) is 5.92 Å². The Hall–Kier alpha value is -4.14. The fourth-order valence-electron chi connectivity index (χ4n) is 4.35. The predicted molar refractivity (Wildman–Crippen MR) is 122 cm³/mol. The Morgan fingerprint density at radius 1 is 0.912 bits per heavy atom. The second kappa shape index (κ2) is 8.66. The van der Waals surface area contributed by atoms with Crippen molar-refractivity contribution in [3.05, 3.63) is 65.5 Å². The maximum atomic E-state index is 12.9. The average molecular weight is 458 g/mol. The number of nitrogens with zero attached hydrogens (tertiary/aromatic N) is 4. The topological polar surface area (TPSA) is 110 Å². The highest BCUT2D eigenvalue weighted by Crippen LogP contribution is 2.28. The van der Waals surface area contributed by atoms with Crippen molar-refractivity contribution in [3.8, 4) is 0 Å². The molecule has 3 aromatic rings. The molecule has 3 heterocycles. The highest BCUT2D eigenvalue weighted by molar-refractivity contribution is 6.33. The summed E-state index contributed by atoms with van der Waals surface area (Å²) in [5, 5.41) is 0. The summed E-state index contributed by atoms with van der Waals surface area (Å²) in [6.07, 6.45) is 1.12. The van der Waals surface area contributed by atoms with Gasteiger partial charge in [-0.25, -0.2) is 14.9 Å². The molecule has 0 unspecified atom stereocenters. The molecule has 1 aromatic heterocycles. The number of aromatic nitrogens is 2. The first-order valence-electron chi connectivity index (χ1n) is 11.2. The quantitative estimate of drug-likeness (QED) is 0.437. The van der Waals surface area contributed by atoms with Gasteiger partial charge in [0, 0.05) is 18.7 Å². The minimum absolute atomic E-state index is 0.0216. The SMILES string of the molecule is CCOC(=O)C1CCN(C(=O)c2ccc(N3C(=O)c4nc5ccccc5nc4C3=O)cc2)CC1. The first-order valence-corrected chi connectivity index (χ1v) is 11.2. The minimum Gasteiger partial charge on any atom is -0.466 e. The van der Waals surface area contributed by atoms with Crippen LogP contribution in [0.4, 0.5) is 5.69 Å². The van der Waals surface area contributed by atoms with Crippen LogP contribution in [-0.2, 0) is 9.53 Å². The van der Waals surface area contributed by atoms with Crippen molar-refractivity contribution < 1.29 is 23.9 Å². The summed E-state index contributed by atoms with van der Waals surface area (Å²) in [4.78, 5) is 62.1. The summed E-state index contributed by atoms with van der Waals surface area (Å²) in [5.41, 5.74) is 1.91. The zero-order chi connectivity index (χ0) is 23.8. The van der Waals surface area contributed by atoms with Gasteiger partial charge in [0.1, 0.15) is 0 Å². The first kappa shape index (κ1) is 21.7. The van der Waals surface area contributed by atoms with Gasteiger partial charge >= 0.3 is 5.97 Å². The molecular formula is C25H22N4O5. The number of anilines is 1. The Morgan fingerprint density at radius 3 is 2.00 bits per heavy atom. The number of ether oxygens (including phenoxy) is 1. The molecule has 1 saturated heterocycles. The van der Waals surface area contributed by atoms with Crippen LogP contribution in [0.25, 0.3) is 11.0 Å². The minimum atomic E-state index is -0.543. The lowest BCUT2D eigenvalue weighted by Crippen LogP contribution is -2.40. The number of hydrogen-bond acceptors (Lipinski definition) is 7. The molecule has 0 aliphatic carbocycles. The summed E-state index contributed by atoms with van der Waals surface area (Å²) in [7, 11) is 0. The summed E-state index contributed by atoms with van der Waals surface area (Å²) in [5.74, 6) is -1.64. The molecule has 9 heteroatoms. The number of amides is 3. The molecule has 34 heavy (non-hydrogen) atoms. The third-order valence-electron chi connectivity index (χ3n) is 6.16. The van der Waals surface area contributed by atoms with Crippen LogP contribution < -0.4 is 4.90 Å². The molecule has 2 aromatic carbocycles. The van der Waals surface area contributed by atoms with E-state index in [1.54, 1.807) is 60.4 Å². The van der Waals surface area contributed by atoms with E-state index in [1.807, 2.05) is 0 Å². The van der Waals surface area contributed by atoms with Crippen molar-refractivity contribution in [1.29, 1.82) is 0 Å². The standard InChI is InChI=1S/C25H22N4O5/c1-2-34-25(33)16-11-13-28(14-12-16)22(30)15-7-9-17(10-8-15)29-23(31)20-21(24(29)32)27-19-6-4-3-5-18(19)26-20/h3-10,16H,2,11-14H2,1H3. The predicted octanol–water partition coefficient (Wildman–Crippen LogP) is 2.85. The highest BCUT2D eigenvalue weighted by atomic mass is 16.5. The van der Waals surface area contributed by atoms with Crippen LogP contribution in [-0.4, -0.2) is 58.3 Å². The van der Waals surface area contributed by atoms with E-state index in [0.717, 1.165) is 4.90 Å². The molecule has 0 bridgehead atoms. The van der Waals surface area contributed by atoms with E-state index < -0.39 is 11.8 Å². The number of para-hydroxylation sites is 2. The van der Waals surface area contributed by atoms with E-state index in [-0.39, 0.29) is 29.2 Å². The van der Waals surface area contributed by atoms with Gasteiger partial charge in [-0.3, -0.25) is 19.2 Å². The molecule has 9 nitrogen and oxygen atoms in total. The first-order chi connectivity index (χ1) is 16.5. The molecule has 0 N–H and O–H groups in total. The lowest BCUT2D eigenvalue weighted by Gasteiger charge is -2.31. The normalized spacial score (nSPS) is 16.1. The number of benzene rings is 2. The number of fused-ring (bicyclic) bond motifs is 2. The smallest absolute Gasteiger partial charge is 0.309 e. The molecule has 0 saturated carbocycles. The van der Waals surface area contributed by atoms with Crippen molar-refractivity contribution in [3.63, 3.8) is 0 Å². The van der Waals surface area contributed by atoms with Gasteiger partial charge < -0.3 is 9.64 Å². The van der Waals surface area contributed by atoms with E-state index >= 15 is 0 Å². The highest BCUT2D eigenvalue weighted by Gasteiger charge is 2.40. The van der Waals surface area contributed by atoms with Gasteiger partial charge in [0.2, 0.25) is 0 Å². The lowest BCUT2D eigenvalue weighted by atomic mass is 9.96. The zero-order valence-corrected chi connectivity index (χ0v) is 18.6. The summed E-state index contributed by atoms with van der Waals surface area (Å²) in [6.45, 7) is 3.05. The van der Waals surface area contributed by atoms with E-state index in [2.05, 4.69) is 9.97 Å². The Balaban J connectivity index is 1.31. The third kappa shape index (κ3) is 3.68. The number of piperidine rings is 1. The van der Waals surface area contributed by atoms with Gasteiger partial charge in [-0.15, -0.1) is 0 Å². The largest absolute Gasteiger partial charge is 0.466 e. The Kier molecular flexibility index (Phi) is 5.53. The van der Waals surface area contributed by atoms with Crippen LogP contribution in [0, 0.1) is 5.92 Å². The second-order valence-electron chi connectivity index (χ2n) is 8.22. The maximum absolute atomic E-state index is 12.9. The van der Waals surface area contributed by atoms with Gasteiger partial charge in [-0.05, 0) is 56.2 Å². The molecule has 5 rings (SSSR count). The van der Waals surface area contributed by atoms with Gasteiger partial charge in [0.25, 0.3) is 17.7 Å². The molecule has 1 fully saturated rings. The van der Waals surface area contributed by atoms with Crippen LogP contribution in [0.1, 0.15) is 51.1 Å². The molecule has 2 aliphatic heterocycles. The van der Waals surface area contributed by atoms with Gasteiger partial charge in [0.05, 0.1) is 29.2 Å². The third-order valence-corrected chi connectivity index (χ3v) is 6.16. The van der Waals surface area contributed by atoms with E-state index in [9.17, 15) is 19.2 Å². The van der Waals surface area contributed by atoms with Crippen molar-refractivity contribution in [1.82, 2.24) is 14.9 Å². The number of esters is 1. The van der Waals surface area contributed by atoms with Crippen LogP contribution in [0.5, 0.6) is 0 Å². The Bertz CT molecular complexity index is 1260. The lowest BCUT2D eigenvalue weighted by molar-refractivity contribution is -0.149. The van der Waals surface area contributed by atoms with Crippen LogP contribution in [0.15, 0.2) is 48.5 Å². The summed E-state index contributed by atoms with van der Waals surface area (Å²) < 4.78 is 5.08. The van der Waals surface area contributed by atoms with E-state index in [1.165, 1.54) is 0 Å². The Labute approximate surface area is 195 Å². The molecule has 172 valence electrons. The van der Waals surface area contributed by atoms with Crippen LogP contribution in [0.3, 0.4) is 0 Å². The van der Waals surface area contributed by atoms with Crippen LogP contribution >= 0.6 is 0 Å². The molecule has 0 radical (unpaired) electrons. The van der Waals surface area contributed by atoms with Crippen LogP contribution in [0.2, 0.25) is 0 Å². The fraction of sp³-hybridized carbons (Fsp3) is 0.280. The number of imide groups is 1. The number of likely N-dealkylation sites (tertiary alicyclic amines) is 1. The Morgan fingerprint density at radius 2 is 1.47 bits per heavy atom. The summed E-state index contributed by atoms with van der Waals surface area (Å²) in [6, 6.07) is 13.4. The monoisotopic (exact) mass is 458 g/mol. The number of carbonyl (C=O) groups is 4. The molecular weight excluding hydrogens is 436 g/mol. The summed E-state index contributed by atoms with van der Waals surface area (Å²) >= 11 is 0. The van der Waals surface area contributed by atoms with Crippen molar-refractivity contribution in [2.45, 2.75) is 19.8 Å². The van der Waals surface area contributed by atoms with Gasteiger partial charge in [0.15, 0.2) is 11.4 Å². The molecule has 2 aliphatic rings. The van der Waals surface area contributed by atoms with E-state index in [4.69, 9.17) is 4.74 Å². The zero-order valence-electron chi connectivity index (χ0n) is 18.6. The van der Waals surface area contributed by atoms with E-state index in [0.29, 0.717) is 54.8 Å². The fourth-order valence-corrected chi connectivity index (χ4v) is 4.35. The van der Waals surface area contributed by atoms with Crippen molar-refractivity contribution in [2.75, 3.05) is 24.6 Å². The number of rotatable bonds is 4. The molecule has 3 amide bonds. The second-order valence-corrected chi connectivity index (χ2v) is 8.22.